The standard InChI is InChI=1S/C10H16ClN3O3S/c1-3-14-9(7(11)6-13-14)10(15)8(12)4-5-18(2,16)17/h6,8H,3-5,12H2,1-2H3. The predicted octanol–water partition coefficient (Wildman–Crippen LogP) is 0.501. The van der Waals surface area contributed by atoms with Crippen molar-refractivity contribution < 1.29 is 13.2 Å². The topological polar surface area (TPSA) is 95.0 Å². The molecule has 1 unspecified atom stereocenters. The molecule has 18 heavy (non-hydrogen) atoms. The van der Waals surface area contributed by atoms with Crippen LogP contribution in [0.2, 0.25) is 5.02 Å². The van der Waals surface area contributed by atoms with Crippen molar-refractivity contribution in [2.45, 2.75) is 25.9 Å². The third kappa shape index (κ3) is 3.79. The molecule has 0 saturated heterocycles. The van der Waals surface area contributed by atoms with Gasteiger partial charge in [-0.05, 0) is 13.3 Å². The van der Waals surface area contributed by atoms with Gasteiger partial charge in [-0.3, -0.25) is 9.48 Å². The van der Waals surface area contributed by atoms with Crippen LogP contribution in [0.15, 0.2) is 6.20 Å². The first-order valence-electron chi connectivity index (χ1n) is 5.45. The maximum atomic E-state index is 12.1. The molecule has 1 aromatic heterocycles. The lowest BCUT2D eigenvalue weighted by Gasteiger charge is -2.11. The van der Waals surface area contributed by atoms with E-state index in [1.807, 2.05) is 6.92 Å². The maximum Gasteiger partial charge on any atom is 0.199 e. The zero-order chi connectivity index (χ0) is 13.9. The van der Waals surface area contributed by atoms with Crippen LogP contribution in [0, 0.1) is 0 Å². The van der Waals surface area contributed by atoms with Gasteiger partial charge in [-0.25, -0.2) is 8.42 Å². The van der Waals surface area contributed by atoms with Crippen molar-refractivity contribution in [3.63, 3.8) is 0 Å². The van der Waals surface area contributed by atoms with Crippen molar-refractivity contribution in [3.8, 4) is 0 Å². The van der Waals surface area contributed by atoms with Crippen molar-refractivity contribution in [3.05, 3.63) is 16.9 Å². The number of Topliss-reactive ketones (excluding diaryl/α,β-unsaturated/α-hetero) is 1. The minimum Gasteiger partial charge on any atom is -0.321 e. The second kappa shape index (κ2) is 5.81. The van der Waals surface area contributed by atoms with Crippen LogP contribution in [0.5, 0.6) is 0 Å². The van der Waals surface area contributed by atoms with Gasteiger partial charge in [0.05, 0.1) is 23.0 Å². The van der Waals surface area contributed by atoms with E-state index in [0.29, 0.717) is 6.54 Å². The Balaban J connectivity index is 2.83. The molecule has 6 nitrogen and oxygen atoms in total. The lowest BCUT2D eigenvalue weighted by Crippen LogP contribution is -2.34. The number of rotatable bonds is 6. The van der Waals surface area contributed by atoms with E-state index in [4.69, 9.17) is 17.3 Å². The van der Waals surface area contributed by atoms with Crippen LogP contribution >= 0.6 is 11.6 Å². The first-order chi connectivity index (χ1) is 8.26. The molecule has 0 aromatic carbocycles. The summed E-state index contributed by atoms with van der Waals surface area (Å²) < 4.78 is 23.5. The van der Waals surface area contributed by atoms with Crippen molar-refractivity contribution in [2.75, 3.05) is 12.0 Å². The van der Waals surface area contributed by atoms with Gasteiger partial charge in [0.1, 0.15) is 15.5 Å². The molecule has 0 radical (unpaired) electrons. The molecule has 0 aliphatic rings. The highest BCUT2D eigenvalue weighted by atomic mass is 35.5. The van der Waals surface area contributed by atoms with Crippen LogP contribution in [-0.4, -0.2) is 42.0 Å². The molecule has 0 aliphatic heterocycles. The van der Waals surface area contributed by atoms with Crippen LogP contribution in [-0.2, 0) is 16.4 Å². The zero-order valence-corrected chi connectivity index (χ0v) is 11.8. The molecule has 1 rings (SSSR count). The number of aromatic nitrogens is 2. The zero-order valence-electron chi connectivity index (χ0n) is 10.3. The van der Waals surface area contributed by atoms with E-state index in [9.17, 15) is 13.2 Å². The molecule has 0 saturated carbocycles. The Hall–Kier alpha value is -0.920. The summed E-state index contributed by atoms with van der Waals surface area (Å²) in [7, 11) is -3.13. The molecule has 0 amide bonds. The number of nitrogens with two attached hydrogens (primary N) is 1. The highest BCUT2D eigenvalue weighted by Crippen LogP contribution is 2.17. The quantitative estimate of drug-likeness (QED) is 0.771. The van der Waals surface area contributed by atoms with E-state index in [2.05, 4.69) is 5.10 Å². The first-order valence-corrected chi connectivity index (χ1v) is 7.89. The Morgan fingerprint density at radius 1 is 1.61 bits per heavy atom. The highest BCUT2D eigenvalue weighted by molar-refractivity contribution is 7.90. The number of hydrogen-bond donors (Lipinski definition) is 1. The summed E-state index contributed by atoms with van der Waals surface area (Å²) in [6.45, 7) is 2.31. The largest absolute Gasteiger partial charge is 0.321 e. The van der Waals surface area contributed by atoms with Gasteiger partial charge in [0.2, 0.25) is 0 Å². The Morgan fingerprint density at radius 3 is 2.72 bits per heavy atom. The van der Waals surface area contributed by atoms with E-state index in [0.717, 1.165) is 6.26 Å². The lowest BCUT2D eigenvalue weighted by molar-refractivity contribution is 0.0949. The second-order valence-electron chi connectivity index (χ2n) is 4.05. The van der Waals surface area contributed by atoms with Gasteiger partial charge in [-0.15, -0.1) is 0 Å². The average molecular weight is 294 g/mol. The second-order valence-corrected chi connectivity index (χ2v) is 6.71. The number of carbonyl (C=O) groups is 1. The highest BCUT2D eigenvalue weighted by Gasteiger charge is 2.23. The SMILES string of the molecule is CCn1ncc(Cl)c1C(=O)C(N)CCS(C)(=O)=O. The van der Waals surface area contributed by atoms with Crippen LogP contribution < -0.4 is 5.73 Å². The molecular formula is C10H16ClN3O3S. The van der Waals surface area contributed by atoms with Gasteiger partial charge < -0.3 is 5.73 Å². The van der Waals surface area contributed by atoms with E-state index in [-0.39, 0.29) is 28.7 Å². The number of nitrogens with zero attached hydrogens (tertiary/aromatic N) is 2. The van der Waals surface area contributed by atoms with E-state index in [1.54, 1.807) is 0 Å². The van der Waals surface area contributed by atoms with E-state index < -0.39 is 15.9 Å². The fraction of sp³-hybridized carbons (Fsp3) is 0.600. The van der Waals surface area contributed by atoms with E-state index in [1.165, 1.54) is 10.9 Å². The van der Waals surface area contributed by atoms with Crippen LogP contribution in [0.1, 0.15) is 23.8 Å². The van der Waals surface area contributed by atoms with Gasteiger partial charge in [-0.1, -0.05) is 11.6 Å². The van der Waals surface area contributed by atoms with Crippen molar-refractivity contribution in [2.24, 2.45) is 5.73 Å². The molecule has 1 aromatic rings. The average Bonchev–Trinajstić information content (AvgIpc) is 2.65. The summed E-state index contributed by atoms with van der Waals surface area (Å²) in [5, 5.41) is 4.17. The third-order valence-corrected chi connectivity index (χ3v) is 3.72. The number of aryl methyl sites for hydroxylation is 1. The number of carbonyl (C=O) groups excluding carboxylic acids is 1. The first kappa shape index (κ1) is 15.1. The number of sulfone groups is 1. The summed E-state index contributed by atoms with van der Waals surface area (Å²) >= 11 is 5.87. The Labute approximate surface area is 111 Å². The number of ketones is 1. The van der Waals surface area contributed by atoms with Crippen molar-refractivity contribution in [1.29, 1.82) is 0 Å². The van der Waals surface area contributed by atoms with Crippen LogP contribution in [0.4, 0.5) is 0 Å². The minimum absolute atomic E-state index is 0.0723. The molecule has 102 valence electrons. The molecule has 1 heterocycles. The van der Waals surface area contributed by atoms with Crippen molar-refractivity contribution >= 4 is 27.2 Å². The normalized spacial score (nSPS) is 13.6. The van der Waals surface area contributed by atoms with Crippen LogP contribution in [0.3, 0.4) is 0 Å². The lowest BCUT2D eigenvalue weighted by atomic mass is 10.1. The molecule has 1 atom stereocenters. The third-order valence-electron chi connectivity index (χ3n) is 2.46. The summed E-state index contributed by atoms with van der Waals surface area (Å²) in [5.41, 5.74) is 5.93. The molecule has 0 bridgehead atoms. The fourth-order valence-electron chi connectivity index (χ4n) is 1.49. The summed E-state index contributed by atoms with van der Waals surface area (Å²) in [5.74, 6) is -0.513. The molecule has 8 heteroatoms. The monoisotopic (exact) mass is 293 g/mol. The van der Waals surface area contributed by atoms with Crippen molar-refractivity contribution in [1.82, 2.24) is 9.78 Å². The Morgan fingerprint density at radius 2 is 2.22 bits per heavy atom. The Bertz CT molecular complexity index is 539. The van der Waals surface area contributed by atoms with Crippen LogP contribution in [0.25, 0.3) is 0 Å². The van der Waals surface area contributed by atoms with Gasteiger partial charge in [-0.2, -0.15) is 5.10 Å². The van der Waals surface area contributed by atoms with Gasteiger partial charge >= 0.3 is 0 Å². The minimum atomic E-state index is -3.13. The smallest absolute Gasteiger partial charge is 0.199 e. The maximum absolute atomic E-state index is 12.1. The van der Waals surface area contributed by atoms with E-state index >= 15 is 0 Å². The Kier molecular flexibility index (Phi) is 4.89. The fourth-order valence-corrected chi connectivity index (χ4v) is 2.41. The molecular weight excluding hydrogens is 278 g/mol. The molecule has 0 spiro atoms. The summed E-state index contributed by atoms with van der Waals surface area (Å²) in [4.78, 5) is 12.1. The summed E-state index contributed by atoms with van der Waals surface area (Å²) in [6, 6.07) is -0.890. The molecule has 0 aliphatic carbocycles. The summed E-state index contributed by atoms with van der Waals surface area (Å²) in [6.07, 6.45) is 2.55. The molecule has 2 N–H and O–H groups in total. The van der Waals surface area contributed by atoms with Gasteiger partial charge in [0.15, 0.2) is 5.78 Å². The van der Waals surface area contributed by atoms with Gasteiger partial charge in [0.25, 0.3) is 0 Å². The number of hydrogen-bond acceptors (Lipinski definition) is 5. The number of halogens is 1. The molecule has 0 fully saturated rings. The predicted molar refractivity (Wildman–Crippen MR) is 69.5 cm³/mol. The van der Waals surface area contributed by atoms with Gasteiger partial charge in [0, 0.05) is 12.8 Å².